The van der Waals surface area contributed by atoms with Crippen molar-refractivity contribution < 1.29 is 4.79 Å². The van der Waals surface area contributed by atoms with Gasteiger partial charge >= 0.3 is 6.03 Å². The zero-order valence-electron chi connectivity index (χ0n) is 14.2. The van der Waals surface area contributed by atoms with Crippen molar-refractivity contribution in [2.24, 2.45) is 0 Å². The molecule has 4 rings (SSSR count). The van der Waals surface area contributed by atoms with Gasteiger partial charge in [-0.25, -0.2) is 9.78 Å². The zero-order chi connectivity index (χ0) is 18.1. The SMILES string of the molecule is Cc1ccc(NC(=O)N2CCc3[nH]cnc3[C@@H]2c2ccncc2)cc1Cl. The molecule has 1 aliphatic heterocycles. The molecule has 7 heteroatoms. The molecule has 0 radical (unpaired) electrons. The van der Waals surface area contributed by atoms with Crippen LogP contribution in [0.25, 0.3) is 0 Å². The number of amides is 2. The molecule has 0 saturated heterocycles. The number of imidazole rings is 1. The predicted octanol–water partition coefficient (Wildman–Crippen LogP) is 3.95. The summed E-state index contributed by atoms with van der Waals surface area (Å²) in [7, 11) is 0. The number of aromatic nitrogens is 3. The highest BCUT2D eigenvalue weighted by atomic mass is 35.5. The predicted molar refractivity (Wildman–Crippen MR) is 100 cm³/mol. The molecule has 1 atom stereocenters. The van der Waals surface area contributed by atoms with E-state index < -0.39 is 0 Å². The molecule has 1 aromatic carbocycles. The van der Waals surface area contributed by atoms with Crippen LogP contribution in [0.2, 0.25) is 5.02 Å². The lowest BCUT2D eigenvalue weighted by Crippen LogP contribution is -2.43. The molecule has 6 nitrogen and oxygen atoms in total. The van der Waals surface area contributed by atoms with Crippen molar-refractivity contribution in [2.45, 2.75) is 19.4 Å². The molecular formula is C19H18ClN5O. The quantitative estimate of drug-likeness (QED) is 0.720. The molecule has 0 aliphatic carbocycles. The van der Waals surface area contributed by atoms with Crippen molar-refractivity contribution in [3.8, 4) is 0 Å². The number of carbonyl (C=O) groups is 1. The number of fused-ring (bicyclic) bond motifs is 1. The highest BCUT2D eigenvalue weighted by molar-refractivity contribution is 6.31. The summed E-state index contributed by atoms with van der Waals surface area (Å²) in [5.41, 5.74) is 4.56. The van der Waals surface area contributed by atoms with Crippen LogP contribution in [0.3, 0.4) is 0 Å². The van der Waals surface area contributed by atoms with Gasteiger partial charge in [0.15, 0.2) is 0 Å². The second kappa shape index (κ2) is 6.80. The summed E-state index contributed by atoms with van der Waals surface area (Å²) >= 11 is 6.17. The first kappa shape index (κ1) is 16.6. The van der Waals surface area contributed by atoms with E-state index in [0.717, 1.165) is 28.9 Å². The maximum atomic E-state index is 13.0. The van der Waals surface area contributed by atoms with E-state index in [0.29, 0.717) is 17.3 Å². The average molecular weight is 368 g/mol. The zero-order valence-corrected chi connectivity index (χ0v) is 15.0. The summed E-state index contributed by atoms with van der Waals surface area (Å²) in [6.07, 6.45) is 5.87. The van der Waals surface area contributed by atoms with E-state index in [2.05, 4.69) is 20.3 Å². The number of aryl methyl sites for hydroxylation is 1. The Bertz CT molecular complexity index is 940. The first-order chi connectivity index (χ1) is 12.6. The number of urea groups is 1. The third-order valence-corrected chi connectivity index (χ3v) is 5.04. The van der Waals surface area contributed by atoms with Gasteiger partial charge in [-0.15, -0.1) is 0 Å². The molecule has 1 aliphatic rings. The van der Waals surface area contributed by atoms with Gasteiger partial charge in [0.25, 0.3) is 0 Å². The smallest absolute Gasteiger partial charge is 0.322 e. The Morgan fingerprint density at radius 2 is 2.12 bits per heavy atom. The summed E-state index contributed by atoms with van der Waals surface area (Å²) in [4.78, 5) is 26.5. The lowest BCUT2D eigenvalue weighted by molar-refractivity contribution is 0.192. The first-order valence-electron chi connectivity index (χ1n) is 8.39. The largest absolute Gasteiger partial charge is 0.348 e. The Kier molecular flexibility index (Phi) is 4.34. The first-order valence-corrected chi connectivity index (χ1v) is 8.77. The number of aromatic amines is 1. The van der Waals surface area contributed by atoms with Gasteiger partial charge in [0, 0.05) is 41.8 Å². The molecule has 0 fully saturated rings. The fourth-order valence-electron chi connectivity index (χ4n) is 3.24. The lowest BCUT2D eigenvalue weighted by Gasteiger charge is -2.35. The molecule has 26 heavy (non-hydrogen) atoms. The second-order valence-corrected chi connectivity index (χ2v) is 6.69. The molecule has 2 aromatic heterocycles. The maximum Gasteiger partial charge on any atom is 0.322 e. The summed E-state index contributed by atoms with van der Waals surface area (Å²) in [6, 6.07) is 8.90. The number of nitrogens with zero attached hydrogens (tertiary/aromatic N) is 3. The third-order valence-electron chi connectivity index (χ3n) is 4.63. The molecule has 3 heterocycles. The molecule has 3 aromatic rings. The number of benzene rings is 1. The van der Waals surface area contributed by atoms with Crippen LogP contribution in [0, 0.1) is 6.92 Å². The minimum Gasteiger partial charge on any atom is -0.348 e. The van der Waals surface area contributed by atoms with Crippen LogP contribution in [0.1, 0.15) is 28.6 Å². The number of hydrogen-bond acceptors (Lipinski definition) is 3. The van der Waals surface area contributed by atoms with Crippen molar-refractivity contribution in [1.82, 2.24) is 19.9 Å². The monoisotopic (exact) mass is 367 g/mol. The number of anilines is 1. The van der Waals surface area contributed by atoms with E-state index in [1.165, 1.54) is 0 Å². The number of rotatable bonds is 2. The molecule has 0 bridgehead atoms. The van der Waals surface area contributed by atoms with Crippen LogP contribution < -0.4 is 5.32 Å². The van der Waals surface area contributed by atoms with Gasteiger partial charge in [0.2, 0.25) is 0 Å². The van der Waals surface area contributed by atoms with Crippen molar-refractivity contribution in [3.63, 3.8) is 0 Å². The van der Waals surface area contributed by atoms with Crippen molar-refractivity contribution >= 4 is 23.3 Å². The van der Waals surface area contributed by atoms with Crippen molar-refractivity contribution in [1.29, 1.82) is 0 Å². The highest BCUT2D eigenvalue weighted by Gasteiger charge is 2.34. The maximum absolute atomic E-state index is 13.0. The van der Waals surface area contributed by atoms with Crippen LogP contribution in [0.5, 0.6) is 0 Å². The Labute approximate surface area is 156 Å². The van der Waals surface area contributed by atoms with Crippen LogP contribution in [0.15, 0.2) is 49.1 Å². The van der Waals surface area contributed by atoms with Gasteiger partial charge in [-0.1, -0.05) is 17.7 Å². The van der Waals surface area contributed by atoms with Crippen LogP contribution in [0.4, 0.5) is 10.5 Å². The van der Waals surface area contributed by atoms with Gasteiger partial charge in [-0.2, -0.15) is 0 Å². The van der Waals surface area contributed by atoms with E-state index in [4.69, 9.17) is 11.6 Å². The van der Waals surface area contributed by atoms with Gasteiger partial charge < -0.3 is 15.2 Å². The molecule has 132 valence electrons. The minimum atomic E-state index is -0.256. The fourth-order valence-corrected chi connectivity index (χ4v) is 3.43. The average Bonchev–Trinajstić information content (AvgIpc) is 3.13. The minimum absolute atomic E-state index is 0.180. The molecule has 2 amide bonds. The number of hydrogen-bond donors (Lipinski definition) is 2. The number of carbonyl (C=O) groups excluding carboxylic acids is 1. The Morgan fingerprint density at radius 3 is 2.88 bits per heavy atom. The van der Waals surface area contributed by atoms with Gasteiger partial charge in [0.05, 0.1) is 12.0 Å². The van der Waals surface area contributed by atoms with E-state index in [-0.39, 0.29) is 12.1 Å². The van der Waals surface area contributed by atoms with Crippen molar-refractivity contribution in [2.75, 3.05) is 11.9 Å². The van der Waals surface area contributed by atoms with Crippen molar-refractivity contribution in [3.05, 3.63) is 76.6 Å². The number of H-pyrrole nitrogens is 1. The standard InChI is InChI=1S/C19H18ClN5O/c1-12-2-3-14(10-15(12)20)24-19(26)25-9-6-16-17(23-11-22-16)18(25)13-4-7-21-8-5-13/h2-5,7-8,10-11,18H,6,9H2,1H3,(H,22,23)(H,24,26)/t18-/m0/s1. The molecule has 0 spiro atoms. The number of pyridine rings is 1. The lowest BCUT2D eigenvalue weighted by atomic mass is 9.97. The Balaban J connectivity index is 1.65. The molecule has 2 N–H and O–H groups in total. The van der Waals surface area contributed by atoms with E-state index in [1.54, 1.807) is 29.7 Å². The fraction of sp³-hybridized carbons (Fsp3) is 0.211. The van der Waals surface area contributed by atoms with Crippen LogP contribution >= 0.6 is 11.6 Å². The summed E-state index contributed by atoms with van der Waals surface area (Å²) in [5.74, 6) is 0. The van der Waals surface area contributed by atoms with Gasteiger partial charge in [-0.3, -0.25) is 4.98 Å². The Hall–Kier alpha value is -2.86. The van der Waals surface area contributed by atoms with Crippen LogP contribution in [-0.2, 0) is 6.42 Å². The third kappa shape index (κ3) is 3.04. The summed E-state index contributed by atoms with van der Waals surface area (Å²) in [5, 5.41) is 3.58. The number of halogens is 1. The Morgan fingerprint density at radius 1 is 1.31 bits per heavy atom. The molecule has 0 saturated carbocycles. The van der Waals surface area contributed by atoms with E-state index in [1.807, 2.05) is 31.2 Å². The van der Waals surface area contributed by atoms with Gasteiger partial charge in [-0.05, 0) is 42.3 Å². The van der Waals surface area contributed by atoms with E-state index >= 15 is 0 Å². The normalized spacial score (nSPS) is 16.2. The topological polar surface area (TPSA) is 73.9 Å². The molecule has 0 unspecified atom stereocenters. The second-order valence-electron chi connectivity index (χ2n) is 6.29. The summed E-state index contributed by atoms with van der Waals surface area (Å²) < 4.78 is 0. The highest BCUT2D eigenvalue weighted by Crippen LogP contribution is 2.33. The summed E-state index contributed by atoms with van der Waals surface area (Å²) in [6.45, 7) is 2.52. The van der Waals surface area contributed by atoms with E-state index in [9.17, 15) is 4.79 Å². The van der Waals surface area contributed by atoms with Gasteiger partial charge in [0.1, 0.15) is 6.04 Å². The van der Waals surface area contributed by atoms with Crippen LogP contribution in [-0.4, -0.2) is 32.4 Å². The molecular weight excluding hydrogens is 350 g/mol. The number of nitrogens with one attached hydrogen (secondary N) is 2.